The summed E-state index contributed by atoms with van der Waals surface area (Å²) in [6.07, 6.45) is 10.6. The van der Waals surface area contributed by atoms with E-state index in [1.807, 2.05) is 0 Å². The summed E-state index contributed by atoms with van der Waals surface area (Å²) < 4.78 is 0. The van der Waals surface area contributed by atoms with Gasteiger partial charge in [0.2, 0.25) is 0 Å². The van der Waals surface area contributed by atoms with Gasteiger partial charge in [-0.25, -0.2) is 0 Å². The average Bonchev–Trinajstić information content (AvgIpc) is 3.14. The summed E-state index contributed by atoms with van der Waals surface area (Å²) in [5, 5.41) is 0. The molecular weight excluding hydrogens is 266 g/mol. The molecule has 2 aliphatic carbocycles. The van der Waals surface area contributed by atoms with Crippen LogP contribution >= 0.6 is 0 Å². The average molecular weight is 288 g/mol. The van der Waals surface area contributed by atoms with Crippen LogP contribution in [0.15, 0.2) is 60.7 Å². The van der Waals surface area contributed by atoms with Crippen LogP contribution in [0.2, 0.25) is 0 Å². The van der Waals surface area contributed by atoms with Gasteiger partial charge >= 0.3 is 37.7 Å². The van der Waals surface area contributed by atoms with Crippen molar-refractivity contribution in [2.75, 3.05) is 0 Å². The zero-order valence-electron chi connectivity index (χ0n) is 12.4. The van der Waals surface area contributed by atoms with Crippen molar-refractivity contribution in [2.45, 2.75) is 25.2 Å². The second kappa shape index (κ2) is 7.79. The predicted molar refractivity (Wildman–Crippen MR) is 105 cm³/mol. The van der Waals surface area contributed by atoms with Crippen LogP contribution in [0.4, 0.5) is 0 Å². The van der Waals surface area contributed by atoms with E-state index in [4.69, 9.17) is 0 Å². The van der Waals surface area contributed by atoms with E-state index in [1.165, 1.54) is 28.7 Å². The molecule has 0 bridgehead atoms. The van der Waals surface area contributed by atoms with Crippen LogP contribution in [0.25, 0.3) is 12.2 Å². The van der Waals surface area contributed by atoms with Gasteiger partial charge in [-0.05, 0) is 28.2 Å². The number of hydrogen-bond donors (Lipinski definition) is 0. The molecule has 0 radical (unpaired) electrons. The fraction of sp³-hybridized carbons (Fsp3) is 0.238. The van der Waals surface area contributed by atoms with Crippen LogP contribution in [0, 0.1) is 5.92 Å². The Morgan fingerprint density at radius 2 is 1.17 bits per heavy atom. The normalized spacial score (nSPS) is 21.1. The Labute approximate surface area is 163 Å². The molecule has 4 rings (SSSR count). The van der Waals surface area contributed by atoms with Gasteiger partial charge in [0, 0.05) is 11.8 Å². The molecule has 0 spiro atoms. The summed E-state index contributed by atoms with van der Waals surface area (Å²) >= 11 is 0. The molecule has 0 N–H and O–H groups in total. The zero-order chi connectivity index (χ0) is 14.2. The van der Waals surface area contributed by atoms with Gasteiger partial charge in [-0.1, -0.05) is 86.2 Å². The van der Waals surface area contributed by atoms with Gasteiger partial charge in [-0.15, -0.1) is 0 Å². The van der Waals surface area contributed by atoms with Crippen molar-refractivity contribution in [3.63, 3.8) is 0 Å². The van der Waals surface area contributed by atoms with Gasteiger partial charge in [-0.3, -0.25) is 0 Å². The van der Waals surface area contributed by atoms with E-state index in [0.29, 0.717) is 17.8 Å². The van der Waals surface area contributed by atoms with Gasteiger partial charge in [0.1, 0.15) is 0 Å². The molecule has 23 heavy (non-hydrogen) atoms. The first-order chi connectivity index (χ1) is 10.4. The fourth-order valence-corrected chi connectivity index (χ4v) is 4.03. The molecule has 0 aromatic heterocycles. The molecule has 0 saturated heterocycles. The molecule has 0 saturated carbocycles. The number of allylic oxidation sites excluding steroid dienone is 2. The van der Waals surface area contributed by atoms with Gasteiger partial charge in [0.25, 0.3) is 0 Å². The number of rotatable bonds is 3. The van der Waals surface area contributed by atoms with Gasteiger partial charge in [-0.2, -0.15) is 0 Å². The van der Waals surface area contributed by atoms with E-state index in [0.717, 1.165) is 0 Å². The van der Waals surface area contributed by atoms with Crippen molar-refractivity contribution >= 4 is 49.9 Å². The minimum absolute atomic E-state index is 0. The maximum atomic E-state index is 2.41. The SMILES string of the molecule is CCC(C1C=Cc2ccccc21)C1C=Cc2ccccc21.[LiH].[LiH]. The Balaban J connectivity index is 0.000000960. The third-order valence-electron chi connectivity index (χ3n) is 5.07. The number of hydrogen-bond acceptors (Lipinski definition) is 0. The van der Waals surface area contributed by atoms with Crippen molar-refractivity contribution in [1.29, 1.82) is 0 Å². The first kappa shape index (κ1) is 18.5. The van der Waals surface area contributed by atoms with E-state index < -0.39 is 0 Å². The molecule has 0 fully saturated rings. The molecule has 2 aliphatic rings. The summed E-state index contributed by atoms with van der Waals surface area (Å²) in [5.74, 6) is 1.74. The Morgan fingerprint density at radius 1 is 0.739 bits per heavy atom. The van der Waals surface area contributed by atoms with E-state index in [2.05, 4.69) is 79.8 Å². The van der Waals surface area contributed by atoms with Crippen molar-refractivity contribution in [3.05, 3.63) is 82.9 Å². The number of benzene rings is 2. The molecule has 0 aliphatic heterocycles. The molecule has 0 nitrogen and oxygen atoms in total. The summed E-state index contributed by atoms with van der Waals surface area (Å²) in [5.41, 5.74) is 5.80. The van der Waals surface area contributed by atoms with Gasteiger partial charge in [0.15, 0.2) is 0 Å². The first-order valence-corrected chi connectivity index (χ1v) is 7.92. The standard InChI is InChI=1S/C21H20.2Li.2H/c1-2-17(20-13-11-15-7-3-5-9-18(15)20)21-14-12-16-8-4-6-10-19(16)21;;;;/h3-14,17,20-21H,2H2,1H3;;;;. The molecule has 2 heteroatoms. The molecule has 0 amide bonds. The molecule has 2 unspecified atom stereocenters. The third kappa shape index (κ3) is 3.20. The summed E-state index contributed by atoms with van der Waals surface area (Å²) in [6, 6.07) is 17.7. The second-order valence-electron chi connectivity index (χ2n) is 6.10. The minimum atomic E-state index is 0. The fourth-order valence-electron chi connectivity index (χ4n) is 4.03. The van der Waals surface area contributed by atoms with E-state index >= 15 is 0 Å². The van der Waals surface area contributed by atoms with Crippen molar-refractivity contribution < 1.29 is 0 Å². The van der Waals surface area contributed by atoms with E-state index in [1.54, 1.807) is 0 Å². The van der Waals surface area contributed by atoms with Gasteiger partial charge < -0.3 is 0 Å². The summed E-state index contributed by atoms with van der Waals surface area (Å²) in [4.78, 5) is 0. The predicted octanol–water partition coefficient (Wildman–Crippen LogP) is 4.34. The van der Waals surface area contributed by atoms with Crippen molar-refractivity contribution in [1.82, 2.24) is 0 Å². The Morgan fingerprint density at radius 3 is 1.61 bits per heavy atom. The molecule has 0 heterocycles. The van der Waals surface area contributed by atoms with E-state index in [9.17, 15) is 0 Å². The van der Waals surface area contributed by atoms with E-state index in [-0.39, 0.29) is 37.7 Å². The maximum absolute atomic E-state index is 2.41. The molecule has 2 aromatic rings. The Bertz CT molecular complexity index is 669. The summed E-state index contributed by atoms with van der Waals surface area (Å²) in [7, 11) is 0. The molecule has 2 atom stereocenters. The third-order valence-corrected chi connectivity index (χ3v) is 5.07. The topological polar surface area (TPSA) is 0 Å². The Hall–Kier alpha value is -0.885. The van der Waals surface area contributed by atoms with Crippen LogP contribution in [0.3, 0.4) is 0 Å². The molecule has 2 aromatic carbocycles. The zero-order valence-corrected chi connectivity index (χ0v) is 12.4. The number of fused-ring (bicyclic) bond motifs is 2. The van der Waals surface area contributed by atoms with Crippen LogP contribution in [-0.2, 0) is 0 Å². The second-order valence-corrected chi connectivity index (χ2v) is 6.10. The Kier molecular flexibility index (Phi) is 6.25. The quantitative estimate of drug-likeness (QED) is 0.737. The van der Waals surface area contributed by atoms with Crippen LogP contribution in [0.1, 0.15) is 47.4 Å². The molecule has 108 valence electrons. The van der Waals surface area contributed by atoms with Crippen molar-refractivity contribution in [3.8, 4) is 0 Å². The molecular formula is C21H22Li2. The van der Waals surface area contributed by atoms with Crippen LogP contribution in [0.5, 0.6) is 0 Å². The summed E-state index contributed by atoms with van der Waals surface area (Å²) in [6.45, 7) is 2.33. The van der Waals surface area contributed by atoms with Crippen LogP contribution < -0.4 is 0 Å². The monoisotopic (exact) mass is 288 g/mol. The van der Waals surface area contributed by atoms with Crippen LogP contribution in [-0.4, -0.2) is 37.7 Å². The van der Waals surface area contributed by atoms with Gasteiger partial charge in [0.05, 0.1) is 0 Å². The first-order valence-electron chi connectivity index (χ1n) is 7.92. The van der Waals surface area contributed by atoms with Crippen molar-refractivity contribution in [2.24, 2.45) is 5.92 Å².